The molecule has 0 unspecified atom stereocenters. The first-order valence-corrected chi connectivity index (χ1v) is 7.08. The van der Waals surface area contributed by atoms with Crippen molar-refractivity contribution >= 4 is 12.0 Å². The Morgan fingerprint density at radius 1 is 1.16 bits per heavy atom. The summed E-state index contributed by atoms with van der Waals surface area (Å²) in [7, 11) is 0. The minimum absolute atomic E-state index is 0.138. The second kappa shape index (κ2) is 6.59. The molecule has 0 aromatic rings. The Morgan fingerprint density at radius 3 is 2.42 bits per heavy atom. The lowest BCUT2D eigenvalue weighted by molar-refractivity contribution is -0.137. The normalized spacial score (nSPS) is 23.3. The first-order chi connectivity index (χ1) is 9.22. The molecular formula is C14H22N2O3. The molecule has 1 saturated heterocycles. The van der Waals surface area contributed by atoms with Crippen LogP contribution in [0.5, 0.6) is 0 Å². The summed E-state index contributed by atoms with van der Waals surface area (Å²) in [4.78, 5) is 27.4. The number of nitrogens with zero attached hydrogens (tertiary/aromatic N) is 2. The van der Waals surface area contributed by atoms with Crippen LogP contribution in [0, 0.1) is 5.92 Å². The molecule has 5 heteroatoms. The number of hydrogen-bond acceptors (Lipinski definition) is 3. The molecule has 1 heterocycles. The monoisotopic (exact) mass is 266 g/mol. The van der Waals surface area contributed by atoms with E-state index in [2.05, 4.69) is 12.2 Å². The summed E-state index contributed by atoms with van der Waals surface area (Å²) >= 11 is 0. The first kappa shape index (κ1) is 13.9. The van der Waals surface area contributed by atoms with E-state index in [1.54, 1.807) is 11.8 Å². The van der Waals surface area contributed by atoms with E-state index in [1.807, 2.05) is 4.90 Å². The van der Waals surface area contributed by atoms with Crippen LogP contribution < -0.4 is 0 Å². The molecule has 0 saturated carbocycles. The molecule has 5 nitrogen and oxygen atoms in total. The largest absolute Gasteiger partial charge is 0.450 e. The Bertz CT molecular complexity index is 360. The fraction of sp³-hybridized carbons (Fsp3) is 0.714. The van der Waals surface area contributed by atoms with Crippen molar-refractivity contribution in [3.05, 3.63) is 12.2 Å². The third kappa shape index (κ3) is 3.49. The van der Waals surface area contributed by atoms with Gasteiger partial charge in [0, 0.05) is 32.1 Å². The first-order valence-electron chi connectivity index (χ1n) is 7.08. The third-order valence-electron chi connectivity index (χ3n) is 3.74. The molecule has 0 spiro atoms. The summed E-state index contributed by atoms with van der Waals surface area (Å²) < 4.78 is 4.97. The van der Waals surface area contributed by atoms with Gasteiger partial charge in [-0.15, -0.1) is 0 Å². The van der Waals surface area contributed by atoms with Crippen molar-refractivity contribution in [3.63, 3.8) is 0 Å². The number of rotatable bonds is 2. The average molecular weight is 266 g/mol. The van der Waals surface area contributed by atoms with Crippen molar-refractivity contribution in [2.45, 2.75) is 26.2 Å². The lowest BCUT2D eigenvalue weighted by Crippen LogP contribution is -2.52. The molecule has 0 aromatic carbocycles. The summed E-state index contributed by atoms with van der Waals surface area (Å²) in [6.07, 6.45) is 6.78. The summed E-state index contributed by atoms with van der Waals surface area (Å²) in [5.74, 6) is 0.381. The molecule has 2 rings (SSSR count). The molecule has 1 atom stereocenters. The van der Waals surface area contributed by atoms with Gasteiger partial charge in [0.2, 0.25) is 5.91 Å². The number of hydrogen-bond donors (Lipinski definition) is 0. The average Bonchev–Trinajstić information content (AvgIpc) is 2.48. The van der Waals surface area contributed by atoms with Crippen LogP contribution in [0.3, 0.4) is 0 Å². The summed E-state index contributed by atoms with van der Waals surface area (Å²) in [6.45, 7) is 4.59. The zero-order chi connectivity index (χ0) is 13.7. The summed E-state index contributed by atoms with van der Waals surface area (Å²) in [5, 5.41) is 0. The quantitative estimate of drug-likeness (QED) is 0.714. The van der Waals surface area contributed by atoms with Crippen molar-refractivity contribution in [3.8, 4) is 0 Å². The lowest BCUT2D eigenvalue weighted by Gasteiger charge is -2.36. The van der Waals surface area contributed by atoms with Crippen molar-refractivity contribution in [2.24, 2.45) is 5.92 Å². The van der Waals surface area contributed by atoms with Crippen LogP contribution in [-0.2, 0) is 9.53 Å². The molecule has 0 N–H and O–H groups in total. The van der Waals surface area contributed by atoms with Gasteiger partial charge in [-0.2, -0.15) is 0 Å². The van der Waals surface area contributed by atoms with Gasteiger partial charge >= 0.3 is 6.09 Å². The Balaban J connectivity index is 1.80. The van der Waals surface area contributed by atoms with Crippen LogP contribution >= 0.6 is 0 Å². The molecule has 2 aliphatic rings. The highest BCUT2D eigenvalue weighted by atomic mass is 16.6. The van der Waals surface area contributed by atoms with Gasteiger partial charge < -0.3 is 14.5 Å². The molecule has 1 fully saturated rings. The Labute approximate surface area is 114 Å². The fourth-order valence-electron chi connectivity index (χ4n) is 2.60. The number of ether oxygens (including phenoxy) is 1. The predicted octanol–water partition coefficient (Wildman–Crippen LogP) is 1.64. The predicted molar refractivity (Wildman–Crippen MR) is 71.7 cm³/mol. The molecular weight excluding hydrogens is 244 g/mol. The Hall–Kier alpha value is -1.52. The van der Waals surface area contributed by atoms with Crippen LogP contribution in [0.1, 0.15) is 26.2 Å². The second-order valence-electron chi connectivity index (χ2n) is 4.99. The van der Waals surface area contributed by atoms with Crippen LogP contribution in [0.15, 0.2) is 12.2 Å². The van der Waals surface area contributed by atoms with Gasteiger partial charge in [-0.25, -0.2) is 4.79 Å². The van der Waals surface area contributed by atoms with Crippen molar-refractivity contribution in [1.82, 2.24) is 9.80 Å². The van der Waals surface area contributed by atoms with E-state index >= 15 is 0 Å². The molecule has 106 valence electrons. The van der Waals surface area contributed by atoms with Gasteiger partial charge in [0.1, 0.15) is 0 Å². The van der Waals surface area contributed by atoms with Crippen LogP contribution in [-0.4, -0.2) is 54.6 Å². The van der Waals surface area contributed by atoms with E-state index in [4.69, 9.17) is 4.74 Å². The van der Waals surface area contributed by atoms with Crippen molar-refractivity contribution in [2.75, 3.05) is 32.8 Å². The number of allylic oxidation sites excluding steroid dienone is 2. The summed E-state index contributed by atoms with van der Waals surface area (Å²) in [6, 6.07) is 0. The molecule has 0 radical (unpaired) electrons. The molecule has 19 heavy (non-hydrogen) atoms. The van der Waals surface area contributed by atoms with E-state index in [9.17, 15) is 9.59 Å². The standard InChI is InChI=1S/C14H22N2O3/c1-2-19-14(18)16-10-8-15(9-11-16)13(17)12-6-4-3-5-7-12/h3-4,12H,2,5-11H2,1H3/t12-/m1/s1. The topological polar surface area (TPSA) is 49.9 Å². The van der Waals surface area contributed by atoms with Crippen LogP contribution in [0.2, 0.25) is 0 Å². The van der Waals surface area contributed by atoms with Gasteiger partial charge in [0.15, 0.2) is 0 Å². The van der Waals surface area contributed by atoms with Crippen LogP contribution in [0.25, 0.3) is 0 Å². The van der Waals surface area contributed by atoms with Crippen LogP contribution in [0.4, 0.5) is 4.79 Å². The highest BCUT2D eigenvalue weighted by Gasteiger charge is 2.29. The van der Waals surface area contributed by atoms with E-state index in [0.717, 1.165) is 19.3 Å². The lowest BCUT2D eigenvalue weighted by atomic mass is 9.93. The zero-order valence-electron chi connectivity index (χ0n) is 11.5. The Morgan fingerprint density at radius 2 is 1.84 bits per heavy atom. The van der Waals surface area contributed by atoms with Gasteiger partial charge in [0.05, 0.1) is 6.61 Å². The van der Waals surface area contributed by atoms with Gasteiger partial charge in [-0.05, 0) is 26.2 Å². The maximum absolute atomic E-state index is 12.3. The maximum Gasteiger partial charge on any atom is 0.409 e. The van der Waals surface area contributed by atoms with Gasteiger partial charge in [-0.1, -0.05) is 12.2 Å². The van der Waals surface area contributed by atoms with E-state index in [1.165, 1.54) is 0 Å². The number of piperazine rings is 1. The third-order valence-corrected chi connectivity index (χ3v) is 3.74. The van der Waals surface area contributed by atoms with Gasteiger partial charge in [0.25, 0.3) is 0 Å². The molecule has 1 aliphatic carbocycles. The zero-order valence-corrected chi connectivity index (χ0v) is 11.5. The SMILES string of the molecule is CCOC(=O)N1CCN(C(=O)[C@@H]2CC=CCC2)CC1. The van der Waals surface area contributed by atoms with Gasteiger partial charge in [-0.3, -0.25) is 4.79 Å². The maximum atomic E-state index is 12.3. The number of amides is 2. The summed E-state index contributed by atoms with van der Waals surface area (Å²) in [5.41, 5.74) is 0. The van der Waals surface area contributed by atoms with Crippen molar-refractivity contribution < 1.29 is 14.3 Å². The number of carbonyl (C=O) groups is 2. The van der Waals surface area contributed by atoms with E-state index in [-0.39, 0.29) is 17.9 Å². The number of carbonyl (C=O) groups excluding carboxylic acids is 2. The Kier molecular flexibility index (Phi) is 4.82. The highest BCUT2D eigenvalue weighted by Crippen LogP contribution is 2.21. The molecule has 0 aromatic heterocycles. The van der Waals surface area contributed by atoms with E-state index in [0.29, 0.717) is 32.8 Å². The van der Waals surface area contributed by atoms with E-state index < -0.39 is 0 Å². The molecule has 1 aliphatic heterocycles. The second-order valence-corrected chi connectivity index (χ2v) is 4.99. The smallest absolute Gasteiger partial charge is 0.409 e. The fourth-order valence-corrected chi connectivity index (χ4v) is 2.60. The molecule has 2 amide bonds. The molecule has 0 bridgehead atoms. The minimum Gasteiger partial charge on any atom is -0.450 e. The van der Waals surface area contributed by atoms with Crippen molar-refractivity contribution in [1.29, 1.82) is 0 Å². The minimum atomic E-state index is -0.268. The highest BCUT2D eigenvalue weighted by molar-refractivity contribution is 5.79.